The van der Waals surface area contributed by atoms with Gasteiger partial charge in [-0.1, -0.05) is 5.16 Å². The average Bonchev–Trinajstić information content (AvgIpc) is 2.86. The molecule has 0 aromatic carbocycles. The third-order valence-electron chi connectivity index (χ3n) is 1.59. The quantitative estimate of drug-likeness (QED) is 0.629. The predicted molar refractivity (Wildman–Crippen MR) is 52.6 cm³/mol. The summed E-state index contributed by atoms with van der Waals surface area (Å²) in [5.41, 5.74) is 0.716. The second-order valence-corrected chi connectivity index (χ2v) is 3.61. The fourth-order valence-corrected chi connectivity index (χ4v) is 1.55. The normalized spacial score (nSPS) is 10.1. The summed E-state index contributed by atoms with van der Waals surface area (Å²) in [6.45, 7) is 0.432. The van der Waals surface area contributed by atoms with Gasteiger partial charge < -0.3 is 9.84 Å². The minimum atomic E-state index is -0.473. The van der Waals surface area contributed by atoms with Gasteiger partial charge in [0.2, 0.25) is 0 Å². The Bertz CT molecular complexity index is 453. The van der Waals surface area contributed by atoms with Gasteiger partial charge in [-0.2, -0.15) is 0 Å². The molecule has 15 heavy (non-hydrogen) atoms. The Morgan fingerprint density at radius 1 is 1.67 bits per heavy atom. The lowest BCUT2D eigenvalue weighted by atomic mass is 10.4. The molecule has 0 aliphatic heterocycles. The number of nitrogens with zero attached hydrogens (tertiary/aromatic N) is 3. The molecule has 2 heterocycles. The van der Waals surface area contributed by atoms with E-state index in [4.69, 9.17) is 0 Å². The van der Waals surface area contributed by atoms with Crippen LogP contribution in [0.15, 0.2) is 23.0 Å². The van der Waals surface area contributed by atoms with E-state index in [1.165, 1.54) is 12.5 Å². The molecule has 0 saturated carbocycles. The van der Waals surface area contributed by atoms with Crippen molar-refractivity contribution in [1.82, 2.24) is 10.1 Å². The lowest BCUT2D eigenvalue weighted by molar-refractivity contribution is -0.380. The molecule has 0 radical (unpaired) electrons. The number of aromatic nitrogens is 2. The highest BCUT2D eigenvalue weighted by Crippen LogP contribution is 2.25. The number of nitro groups is 1. The van der Waals surface area contributed by atoms with Crippen molar-refractivity contribution >= 4 is 21.5 Å². The molecule has 0 saturated heterocycles. The summed E-state index contributed by atoms with van der Waals surface area (Å²) in [6.07, 6.45) is 2.68. The van der Waals surface area contributed by atoms with Crippen LogP contribution >= 0.6 is 11.3 Å². The summed E-state index contributed by atoms with van der Waals surface area (Å²) < 4.78 is 4.63. The lowest BCUT2D eigenvalue weighted by Crippen LogP contribution is -1.98. The summed E-state index contributed by atoms with van der Waals surface area (Å²) in [6, 6.07) is 1.70. The first-order chi connectivity index (χ1) is 7.25. The van der Waals surface area contributed by atoms with E-state index in [2.05, 4.69) is 20.0 Å². The molecule has 78 valence electrons. The SMILES string of the molecule is O=[N+]([O-])c1cnc(NCc2ccon2)s1. The van der Waals surface area contributed by atoms with Gasteiger partial charge in [-0.15, -0.1) is 0 Å². The van der Waals surface area contributed by atoms with E-state index in [-0.39, 0.29) is 5.00 Å². The Balaban J connectivity index is 1.96. The van der Waals surface area contributed by atoms with E-state index in [0.29, 0.717) is 17.4 Å². The van der Waals surface area contributed by atoms with Gasteiger partial charge in [0.15, 0.2) is 5.13 Å². The van der Waals surface area contributed by atoms with Crippen LogP contribution in [0.3, 0.4) is 0 Å². The standard InChI is InChI=1S/C7H6N4O3S/c12-11(13)6-4-9-7(15-6)8-3-5-1-2-14-10-5/h1-2,4H,3H2,(H,8,9). The third kappa shape index (κ3) is 2.29. The summed E-state index contributed by atoms with van der Waals surface area (Å²) >= 11 is 0.983. The van der Waals surface area contributed by atoms with Crippen molar-refractivity contribution < 1.29 is 9.45 Å². The van der Waals surface area contributed by atoms with Crippen molar-refractivity contribution in [3.05, 3.63) is 34.3 Å². The number of rotatable bonds is 4. The number of hydrogen-bond acceptors (Lipinski definition) is 7. The van der Waals surface area contributed by atoms with Crippen molar-refractivity contribution in [3.63, 3.8) is 0 Å². The number of nitrogens with one attached hydrogen (secondary N) is 1. The second-order valence-electron chi connectivity index (χ2n) is 2.61. The Hall–Kier alpha value is -1.96. The Labute approximate surface area is 87.9 Å². The first kappa shape index (κ1) is 9.59. The monoisotopic (exact) mass is 226 g/mol. The number of hydrogen-bond donors (Lipinski definition) is 1. The summed E-state index contributed by atoms with van der Waals surface area (Å²) in [5.74, 6) is 0. The van der Waals surface area contributed by atoms with Crippen molar-refractivity contribution in [3.8, 4) is 0 Å². The van der Waals surface area contributed by atoms with Gasteiger partial charge in [-0.05, 0) is 11.3 Å². The Kier molecular flexibility index (Phi) is 2.59. The highest BCUT2D eigenvalue weighted by molar-refractivity contribution is 7.18. The van der Waals surface area contributed by atoms with Crippen LogP contribution in [0.2, 0.25) is 0 Å². The third-order valence-corrected chi connectivity index (χ3v) is 2.49. The molecule has 8 heteroatoms. The molecule has 1 N–H and O–H groups in total. The van der Waals surface area contributed by atoms with Gasteiger partial charge >= 0.3 is 5.00 Å². The van der Waals surface area contributed by atoms with E-state index in [1.807, 2.05) is 0 Å². The van der Waals surface area contributed by atoms with Crippen LogP contribution in [-0.2, 0) is 6.54 Å². The van der Waals surface area contributed by atoms with E-state index in [0.717, 1.165) is 11.3 Å². The van der Waals surface area contributed by atoms with Crippen molar-refractivity contribution in [2.75, 3.05) is 5.32 Å². The fraction of sp³-hybridized carbons (Fsp3) is 0.143. The van der Waals surface area contributed by atoms with Crippen molar-refractivity contribution in [2.24, 2.45) is 0 Å². The van der Waals surface area contributed by atoms with Crippen molar-refractivity contribution in [1.29, 1.82) is 0 Å². The maximum absolute atomic E-state index is 10.4. The van der Waals surface area contributed by atoms with Gasteiger partial charge in [0.05, 0.1) is 11.5 Å². The van der Waals surface area contributed by atoms with E-state index < -0.39 is 4.92 Å². The van der Waals surface area contributed by atoms with Crippen molar-refractivity contribution in [2.45, 2.75) is 6.54 Å². The molecular weight excluding hydrogens is 220 g/mol. The zero-order valence-electron chi connectivity index (χ0n) is 7.41. The predicted octanol–water partition coefficient (Wildman–Crippen LogP) is 1.65. The first-order valence-corrected chi connectivity index (χ1v) is 4.80. The van der Waals surface area contributed by atoms with Gasteiger partial charge in [0, 0.05) is 6.07 Å². The zero-order valence-corrected chi connectivity index (χ0v) is 8.23. The largest absolute Gasteiger partial charge is 0.364 e. The van der Waals surface area contributed by atoms with Crippen LogP contribution in [0.1, 0.15) is 5.69 Å². The van der Waals surface area contributed by atoms with Crippen LogP contribution in [0, 0.1) is 10.1 Å². The van der Waals surface area contributed by atoms with Crippen LogP contribution in [-0.4, -0.2) is 15.1 Å². The van der Waals surface area contributed by atoms with Gasteiger partial charge in [-0.3, -0.25) is 10.1 Å². The number of thiazole rings is 1. The minimum Gasteiger partial charge on any atom is -0.364 e. The highest BCUT2D eigenvalue weighted by atomic mass is 32.1. The molecule has 0 aliphatic rings. The minimum absolute atomic E-state index is 0.0117. The van der Waals surface area contributed by atoms with Crippen LogP contribution in [0.4, 0.5) is 10.1 Å². The zero-order chi connectivity index (χ0) is 10.7. The van der Waals surface area contributed by atoms with Gasteiger partial charge in [0.1, 0.15) is 18.2 Å². The second kappa shape index (κ2) is 4.05. The highest BCUT2D eigenvalue weighted by Gasteiger charge is 2.11. The molecule has 0 fully saturated rings. The molecule has 2 rings (SSSR count). The van der Waals surface area contributed by atoms with E-state index in [9.17, 15) is 10.1 Å². The molecule has 0 aliphatic carbocycles. The van der Waals surface area contributed by atoms with E-state index in [1.54, 1.807) is 6.07 Å². The molecule has 0 atom stereocenters. The van der Waals surface area contributed by atoms with Crippen LogP contribution < -0.4 is 5.32 Å². The first-order valence-electron chi connectivity index (χ1n) is 3.99. The average molecular weight is 226 g/mol. The topological polar surface area (TPSA) is 94.1 Å². The molecule has 2 aromatic heterocycles. The Morgan fingerprint density at radius 2 is 2.53 bits per heavy atom. The van der Waals surface area contributed by atoms with Crippen LogP contribution in [0.25, 0.3) is 0 Å². The summed E-state index contributed by atoms with van der Waals surface area (Å²) in [7, 11) is 0. The van der Waals surface area contributed by atoms with E-state index >= 15 is 0 Å². The molecular formula is C7H6N4O3S. The maximum atomic E-state index is 10.4. The molecule has 0 unspecified atom stereocenters. The maximum Gasteiger partial charge on any atom is 0.345 e. The smallest absolute Gasteiger partial charge is 0.345 e. The molecule has 7 nitrogen and oxygen atoms in total. The summed E-state index contributed by atoms with van der Waals surface area (Å²) in [4.78, 5) is 13.7. The molecule has 0 amide bonds. The van der Waals surface area contributed by atoms with Gasteiger partial charge in [-0.25, -0.2) is 4.98 Å². The Morgan fingerprint density at radius 3 is 3.13 bits per heavy atom. The molecule has 2 aromatic rings. The molecule has 0 spiro atoms. The fourth-order valence-electron chi connectivity index (χ4n) is 0.927. The van der Waals surface area contributed by atoms with Gasteiger partial charge in [0.25, 0.3) is 0 Å². The lowest BCUT2D eigenvalue weighted by Gasteiger charge is -1.95. The summed E-state index contributed by atoms with van der Waals surface area (Å²) in [5, 5.41) is 17.5. The molecule has 0 bridgehead atoms. The van der Waals surface area contributed by atoms with Crippen LogP contribution in [0.5, 0.6) is 0 Å². The number of anilines is 1.